The maximum absolute atomic E-state index is 10.2. The first-order valence-corrected chi connectivity index (χ1v) is 19.6. The third-order valence-corrected chi connectivity index (χ3v) is 8.36. The zero-order valence-corrected chi connectivity index (χ0v) is 31.1. The summed E-state index contributed by atoms with van der Waals surface area (Å²) in [5.74, 6) is 1.49. The van der Waals surface area contributed by atoms with E-state index in [-0.39, 0.29) is 0 Å². The number of aromatic hydroxyl groups is 2. The van der Waals surface area contributed by atoms with Crippen molar-refractivity contribution < 1.29 is 27.2 Å². The molecular weight excluding hydrogens is 631 g/mol. The number of hydrogen-bond acceptors (Lipinski definition) is 2. The number of hydrogen-bond donors (Lipinski definition) is 2. The monoisotopic (exact) mass is 677 g/mol. The molecule has 5 aromatic rings. The summed E-state index contributed by atoms with van der Waals surface area (Å²) in [6.45, 7) is 19.3. The van der Waals surface area contributed by atoms with E-state index >= 15 is 0 Å². The van der Waals surface area contributed by atoms with Gasteiger partial charge in [0, 0.05) is 11.1 Å². The molecule has 0 aliphatic carbocycles. The van der Waals surface area contributed by atoms with Gasteiger partial charge in [-0.3, -0.25) is 0 Å². The van der Waals surface area contributed by atoms with Crippen molar-refractivity contribution in [2.24, 2.45) is 0 Å². The zero-order valence-electron chi connectivity index (χ0n) is 28.0. The van der Waals surface area contributed by atoms with E-state index in [2.05, 4.69) is 62.3 Å². The third-order valence-electron chi connectivity index (χ3n) is 8.36. The van der Waals surface area contributed by atoms with Gasteiger partial charge in [0.1, 0.15) is 11.5 Å². The molecule has 0 saturated heterocycles. The molecule has 0 fully saturated rings. The van der Waals surface area contributed by atoms with Crippen LogP contribution in [0.2, 0.25) is 0 Å². The minimum atomic E-state index is -0.556. The predicted octanol–water partition coefficient (Wildman–Crippen LogP) is 12.7. The van der Waals surface area contributed by atoms with Crippen molar-refractivity contribution >= 4 is 18.6 Å². The van der Waals surface area contributed by atoms with E-state index in [1.165, 1.54) is 27.8 Å². The molecule has 0 atom stereocenters. The summed E-state index contributed by atoms with van der Waals surface area (Å²) in [5.41, 5.74) is 13.3. The molecule has 0 aliphatic heterocycles. The van der Waals surface area contributed by atoms with Crippen LogP contribution in [0.25, 0.3) is 22.3 Å². The Morgan fingerprint density at radius 1 is 0.533 bits per heavy atom. The Morgan fingerprint density at radius 2 is 0.844 bits per heavy atom. The van der Waals surface area contributed by atoms with Crippen LogP contribution in [0.3, 0.4) is 0 Å². The van der Waals surface area contributed by atoms with Gasteiger partial charge in [-0.1, -0.05) is 159 Å². The van der Waals surface area contributed by atoms with Crippen LogP contribution < -0.4 is 0 Å². The predicted molar refractivity (Wildman–Crippen MR) is 193 cm³/mol. The number of phenolic OH excluding ortho intramolecular Hbond substituents is 2. The van der Waals surface area contributed by atoms with Gasteiger partial charge in [0.2, 0.25) is 0 Å². The topological polar surface area (TPSA) is 40.5 Å². The molecule has 0 aliphatic rings. The summed E-state index contributed by atoms with van der Waals surface area (Å²) in [6, 6.07) is 31.8. The molecule has 0 spiro atoms. The second-order valence-corrected chi connectivity index (χ2v) is 14.3. The second kappa shape index (κ2) is 18.9. The fraction of sp³-hybridized carbons (Fsp3) is 0.275. The van der Waals surface area contributed by atoms with Crippen molar-refractivity contribution in [1.82, 2.24) is 0 Å². The Morgan fingerprint density at radius 3 is 1.09 bits per heavy atom. The van der Waals surface area contributed by atoms with E-state index in [4.69, 9.17) is 18.6 Å². The van der Waals surface area contributed by atoms with Gasteiger partial charge in [0.15, 0.2) is 0 Å². The van der Waals surface area contributed by atoms with Gasteiger partial charge in [-0.2, -0.15) is 27.8 Å². The van der Waals surface area contributed by atoms with Crippen LogP contribution >= 0.6 is 18.6 Å². The number of rotatable bonds is 4. The van der Waals surface area contributed by atoms with E-state index in [1.54, 1.807) is 0 Å². The fourth-order valence-electron chi connectivity index (χ4n) is 5.16. The summed E-state index contributed by atoms with van der Waals surface area (Å²) >= 11 is -0.556. The first-order valence-electron chi connectivity index (χ1n) is 15.3. The Bertz CT molecular complexity index is 1430. The molecule has 5 rings (SSSR count). The Balaban J connectivity index is 0.000000231. The Labute approximate surface area is 288 Å². The molecule has 45 heavy (non-hydrogen) atoms. The molecular formula is C40H47Cl2O2Ti-. The minimum absolute atomic E-state index is 0.337. The molecule has 0 heterocycles. The van der Waals surface area contributed by atoms with E-state index in [0.717, 1.165) is 33.4 Å². The van der Waals surface area contributed by atoms with E-state index in [0.29, 0.717) is 23.3 Å². The molecule has 5 aromatic carbocycles. The average molecular weight is 679 g/mol. The molecule has 2 N–H and O–H groups in total. The van der Waals surface area contributed by atoms with Gasteiger partial charge in [0.05, 0.1) is 0 Å². The van der Waals surface area contributed by atoms with Crippen LogP contribution in [0.1, 0.15) is 78.5 Å². The van der Waals surface area contributed by atoms with Gasteiger partial charge in [0.25, 0.3) is 0 Å². The van der Waals surface area contributed by atoms with Crippen LogP contribution in [0.4, 0.5) is 0 Å². The number of para-hydroxylation sites is 2. The Kier molecular flexibility index (Phi) is 16.1. The number of phenols is 2. The fourth-order valence-corrected chi connectivity index (χ4v) is 5.16. The van der Waals surface area contributed by atoms with Crippen molar-refractivity contribution in [3.63, 3.8) is 0 Å². The summed E-state index contributed by atoms with van der Waals surface area (Å²) in [4.78, 5) is 0. The van der Waals surface area contributed by atoms with Gasteiger partial charge in [-0.05, 0) is 34.1 Å². The quantitative estimate of drug-likeness (QED) is 0.147. The number of benzene rings is 4. The molecule has 0 bridgehead atoms. The van der Waals surface area contributed by atoms with E-state index in [1.807, 2.05) is 97.1 Å². The first-order chi connectivity index (χ1) is 21.4. The zero-order chi connectivity index (χ0) is 33.7. The normalized spacial score (nSPS) is 10.2. The van der Waals surface area contributed by atoms with Crippen molar-refractivity contribution in [3.05, 3.63) is 136 Å². The van der Waals surface area contributed by atoms with Crippen molar-refractivity contribution in [2.75, 3.05) is 0 Å². The van der Waals surface area contributed by atoms with Crippen LogP contribution in [0, 0.1) is 34.6 Å². The summed E-state index contributed by atoms with van der Waals surface area (Å²) in [7, 11) is 9.78. The van der Waals surface area contributed by atoms with E-state index in [9.17, 15) is 10.2 Å². The first kappa shape index (κ1) is 38.3. The van der Waals surface area contributed by atoms with Crippen LogP contribution in [0.5, 0.6) is 11.5 Å². The molecule has 0 aromatic heterocycles. The molecule has 0 radical (unpaired) electrons. The molecule has 0 unspecified atom stereocenters. The molecule has 0 amide bonds. The SMILES string of the molecule is CC(C)c1cccc(-c2ccccc2)c1O.CC(C)c1cccc(-c2ccccc2)c1O.Cc1c(C)c(C)[c-](C)c1C.[Cl][Ti][Cl]. The molecule has 2 nitrogen and oxygen atoms in total. The Hall–Kier alpha value is -2.88. The summed E-state index contributed by atoms with van der Waals surface area (Å²) < 4.78 is 0. The van der Waals surface area contributed by atoms with Crippen LogP contribution in [-0.4, -0.2) is 10.2 Å². The van der Waals surface area contributed by atoms with E-state index < -0.39 is 17.0 Å². The third kappa shape index (κ3) is 10.6. The van der Waals surface area contributed by atoms with Crippen LogP contribution in [-0.2, 0) is 17.0 Å². The molecule has 0 saturated carbocycles. The van der Waals surface area contributed by atoms with Crippen molar-refractivity contribution in [1.29, 1.82) is 0 Å². The molecule has 5 heteroatoms. The summed E-state index contributed by atoms with van der Waals surface area (Å²) in [5, 5.41) is 20.4. The second-order valence-electron chi connectivity index (χ2n) is 11.7. The van der Waals surface area contributed by atoms with Gasteiger partial charge >= 0.3 is 35.6 Å². The van der Waals surface area contributed by atoms with Crippen molar-refractivity contribution in [3.8, 4) is 33.8 Å². The van der Waals surface area contributed by atoms with Gasteiger partial charge < -0.3 is 10.2 Å². The van der Waals surface area contributed by atoms with Gasteiger partial charge in [-0.15, -0.1) is 0 Å². The van der Waals surface area contributed by atoms with Crippen molar-refractivity contribution in [2.45, 2.75) is 74.1 Å². The number of halogens is 2. The maximum atomic E-state index is 10.2. The average Bonchev–Trinajstić information content (AvgIpc) is 3.20. The van der Waals surface area contributed by atoms with Crippen LogP contribution in [0.15, 0.2) is 97.1 Å². The molecule has 238 valence electrons. The van der Waals surface area contributed by atoms with Gasteiger partial charge in [-0.25, -0.2) is 0 Å². The summed E-state index contributed by atoms with van der Waals surface area (Å²) in [6.07, 6.45) is 0. The standard InChI is InChI=1S/2C15H16O.C10H15.2ClH.Ti/c2*1-11(2)13-9-6-10-14(15(13)16)12-7-4-3-5-8-12;1-6-7(2)9(4)10(5)8(6)3;;;/h2*3-11,16H,1-2H3;1-5H3;2*1H;/q;;-1;;;+2/p-2.